The highest BCUT2D eigenvalue weighted by atomic mass is 35.5. The Kier molecular flexibility index (Phi) is 5.25. The Balaban J connectivity index is 2.40. The zero-order valence-corrected chi connectivity index (χ0v) is 12.7. The largest absolute Gasteiger partial charge is 0.496 e. The summed E-state index contributed by atoms with van der Waals surface area (Å²) in [4.78, 5) is 1.14. The SMILES string of the molecule is CCCNC(c1ccccc1OC)c1sccc1Cl. The zero-order valence-electron chi connectivity index (χ0n) is 11.2. The average Bonchev–Trinajstić information content (AvgIpc) is 2.86. The van der Waals surface area contributed by atoms with E-state index in [0.717, 1.165) is 34.2 Å². The van der Waals surface area contributed by atoms with E-state index in [0.29, 0.717) is 0 Å². The van der Waals surface area contributed by atoms with Crippen molar-refractivity contribution in [2.45, 2.75) is 19.4 Å². The van der Waals surface area contributed by atoms with Gasteiger partial charge >= 0.3 is 0 Å². The molecule has 4 heteroatoms. The van der Waals surface area contributed by atoms with Crippen LogP contribution in [0.4, 0.5) is 0 Å². The number of para-hydroxylation sites is 1. The molecule has 1 aromatic heterocycles. The number of thiophene rings is 1. The second-order valence-corrected chi connectivity index (χ2v) is 5.62. The van der Waals surface area contributed by atoms with Crippen LogP contribution in [0.25, 0.3) is 0 Å². The molecular formula is C15H18ClNOS. The molecule has 0 bridgehead atoms. The zero-order chi connectivity index (χ0) is 13.7. The normalized spacial score (nSPS) is 12.4. The Bertz CT molecular complexity index is 526. The first kappa shape index (κ1) is 14.4. The molecule has 1 aromatic carbocycles. The van der Waals surface area contributed by atoms with Gasteiger partial charge in [0.25, 0.3) is 0 Å². The number of hydrogen-bond acceptors (Lipinski definition) is 3. The van der Waals surface area contributed by atoms with Gasteiger partial charge < -0.3 is 10.1 Å². The highest BCUT2D eigenvalue weighted by molar-refractivity contribution is 7.10. The summed E-state index contributed by atoms with van der Waals surface area (Å²) in [6.07, 6.45) is 1.08. The maximum Gasteiger partial charge on any atom is 0.124 e. The Labute approximate surface area is 123 Å². The van der Waals surface area contributed by atoms with E-state index >= 15 is 0 Å². The molecule has 1 atom stereocenters. The van der Waals surface area contributed by atoms with Gasteiger partial charge in [0.1, 0.15) is 5.75 Å². The molecule has 2 nitrogen and oxygen atoms in total. The van der Waals surface area contributed by atoms with Crippen LogP contribution in [-0.2, 0) is 0 Å². The third kappa shape index (κ3) is 3.30. The van der Waals surface area contributed by atoms with Crippen LogP contribution < -0.4 is 10.1 Å². The summed E-state index contributed by atoms with van der Waals surface area (Å²) in [5, 5.41) is 6.38. The van der Waals surface area contributed by atoms with Gasteiger partial charge in [-0.3, -0.25) is 0 Å². The summed E-state index contributed by atoms with van der Waals surface area (Å²) >= 11 is 7.96. The average molecular weight is 296 g/mol. The summed E-state index contributed by atoms with van der Waals surface area (Å²) in [5.74, 6) is 0.889. The van der Waals surface area contributed by atoms with Gasteiger partial charge in [0.05, 0.1) is 18.2 Å². The number of ether oxygens (including phenoxy) is 1. The maximum atomic E-state index is 6.29. The molecule has 102 valence electrons. The van der Waals surface area contributed by atoms with E-state index in [2.05, 4.69) is 18.3 Å². The van der Waals surface area contributed by atoms with Crippen LogP contribution in [0, 0.1) is 0 Å². The molecule has 0 aliphatic carbocycles. The molecule has 0 saturated carbocycles. The van der Waals surface area contributed by atoms with Crippen molar-refractivity contribution < 1.29 is 4.74 Å². The number of hydrogen-bond donors (Lipinski definition) is 1. The van der Waals surface area contributed by atoms with Crippen LogP contribution >= 0.6 is 22.9 Å². The van der Waals surface area contributed by atoms with Gasteiger partial charge in [-0.25, -0.2) is 0 Å². The third-order valence-electron chi connectivity index (χ3n) is 2.96. The summed E-state index contributed by atoms with van der Waals surface area (Å²) in [5.41, 5.74) is 1.13. The fourth-order valence-corrected chi connectivity index (χ4v) is 3.31. The molecule has 2 aromatic rings. The van der Waals surface area contributed by atoms with Gasteiger partial charge in [-0.05, 0) is 30.5 Å². The lowest BCUT2D eigenvalue weighted by Crippen LogP contribution is -2.23. The monoisotopic (exact) mass is 295 g/mol. The van der Waals surface area contributed by atoms with Crippen molar-refractivity contribution in [3.63, 3.8) is 0 Å². The number of nitrogens with one attached hydrogen (secondary N) is 1. The van der Waals surface area contributed by atoms with Crippen molar-refractivity contribution in [3.05, 3.63) is 51.2 Å². The minimum Gasteiger partial charge on any atom is -0.496 e. The van der Waals surface area contributed by atoms with Gasteiger partial charge in [0.2, 0.25) is 0 Å². The molecule has 0 amide bonds. The first-order chi connectivity index (χ1) is 9.27. The van der Waals surface area contributed by atoms with Crippen LogP contribution in [-0.4, -0.2) is 13.7 Å². The number of rotatable bonds is 6. The number of halogens is 1. The highest BCUT2D eigenvalue weighted by Gasteiger charge is 2.20. The first-order valence-electron chi connectivity index (χ1n) is 6.37. The Morgan fingerprint density at radius 2 is 2.11 bits per heavy atom. The second-order valence-electron chi connectivity index (χ2n) is 4.26. The lowest BCUT2D eigenvalue weighted by Gasteiger charge is -2.20. The van der Waals surface area contributed by atoms with E-state index in [1.165, 1.54) is 0 Å². The predicted octanol–water partition coefficient (Wildman–Crippen LogP) is 4.50. The van der Waals surface area contributed by atoms with Crippen molar-refractivity contribution in [2.75, 3.05) is 13.7 Å². The summed E-state index contributed by atoms with van der Waals surface area (Å²) in [6.45, 7) is 3.10. The highest BCUT2D eigenvalue weighted by Crippen LogP contribution is 2.36. The summed E-state index contributed by atoms with van der Waals surface area (Å²) in [7, 11) is 1.70. The standard InChI is InChI=1S/C15H18ClNOS/c1-3-9-17-14(15-12(16)8-10-19-15)11-6-4-5-7-13(11)18-2/h4-8,10,14,17H,3,9H2,1-2H3. The van der Waals surface area contributed by atoms with Crippen molar-refractivity contribution in [1.29, 1.82) is 0 Å². The van der Waals surface area contributed by atoms with E-state index in [1.807, 2.05) is 29.6 Å². The van der Waals surface area contributed by atoms with Gasteiger partial charge in [-0.2, -0.15) is 0 Å². The van der Waals surface area contributed by atoms with Crippen LogP contribution in [0.5, 0.6) is 5.75 Å². The molecule has 2 rings (SSSR count). The molecule has 1 N–H and O–H groups in total. The lowest BCUT2D eigenvalue weighted by molar-refractivity contribution is 0.404. The quantitative estimate of drug-likeness (QED) is 0.847. The molecule has 1 heterocycles. The van der Waals surface area contributed by atoms with Crippen molar-refractivity contribution >= 4 is 22.9 Å². The van der Waals surface area contributed by atoms with E-state index < -0.39 is 0 Å². The lowest BCUT2D eigenvalue weighted by atomic mass is 10.0. The summed E-state index contributed by atoms with van der Waals surface area (Å²) < 4.78 is 5.47. The molecule has 0 fully saturated rings. The smallest absolute Gasteiger partial charge is 0.124 e. The van der Waals surface area contributed by atoms with Gasteiger partial charge in [-0.15, -0.1) is 11.3 Å². The molecule has 1 unspecified atom stereocenters. The van der Waals surface area contributed by atoms with Crippen molar-refractivity contribution in [3.8, 4) is 5.75 Å². The topological polar surface area (TPSA) is 21.3 Å². The Hall–Kier alpha value is -1.03. The Morgan fingerprint density at radius 3 is 2.74 bits per heavy atom. The molecule has 0 spiro atoms. The van der Waals surface area contributed by atoms with Crippen LogP contribution in [0.3, 0.4) is 0 Å². The second kappa shape index (κ2) is 6.94. The molecule has 0 aliphatic heterocycles. The molecule has 0 saturated heterocycles. The molecular weight excluding hydrogens is 278 g/mol. The number of methoxy groups -OCH3 is 1. The van der Waals surface area contributed by atoms with Crippen molar-refractivity contribution in [2.24, 2.45) is 0 Å². The number of benzene rings is 1. The van der Waals surface area contributed by atoms with E-state index in [1.54, 1.807) is 18.4 Å². The Morgan fingerprint density at radius 1 is 1.32 bits per heavy atom. The van der Waals surface area contributed by atoms with Gasteiger partial charge in [-0.1, -0.05) is 36.7 Å². The minimum atomic E-state index is 0.0867. The fraction of sp³-hybridized carbons (Fsp3) is 0.333. The summed E-state index contributed by atoms with van der Waals surface area (Å²) in [6, 6.07) is 10.1. The van der Waals surface area contributed by atoms with Gasteiger partial charge in [0.15, 0.2) is 0 Å². The van der Waals surface area contributed by atoms with Crippen LogP contribution in [0.15, 0.2) is 35.7 Å². The molecule has 0 radical (unpaired) electrons. The van der Waals surface area contributed by atoms with Gasteiger partial charge in [0, 0.05) is 10.4 Å². The molecule has 0 aliphatic rings. The third-order valence-corrected chi connectivity index (χ3v) is 4.38. The van der Waals surface area contributed by atoms with Crippen LogP contribution in [0.2, 0.25) is 5.02 Å². The van der Waals surface area contributed by atoms with Crippen molar-refractivity contribution in [1.82, 2.24) is 5.32 Å². The first-order valence-corrected chi connectivity index (χ1v) is 7.62. The maximum absolute atomic E-state index is 6.29. The van der Waals surface area contributed by atoms with E-state index in [-0.39, 0.29) is 6.04 Å². The minimum absolute atomic E-state index is 0.0867. The fourth-order valence-electron chi connectivity index (χ4n) is 2.05. The predicted molar refractivity (Wildman–Crippen MR) is 82.5 cm³/mol. The van der Waals surface area contributed by atoms with E-state index in [9.17, 15) is 0 Å². The molecule has 19 heavy (non-hydrogen) atoms. The van der Waals surface area contributed by atoms with E-state index in [4.69, 9.17) is 16.3 Å². The van der Waals surface area contributed by atoms with Crippen LogP contribution in [0.1, 0.15) is 29.8 Å².